The summed E-state index contributed by atoms with van der Waals surface area (Å²) in [5.41, 5.74) is 0.0286. The minimum Gasteiger partial charge on any atom is -0.366 e. The normalized spacial score (nSPS) is 50.9. The fourth-order valence-electron chi connectivity index (χ4n) is 6.42. The lowest BCUT2D eigenvalue weighted by molar-refractivity contribution is -0.377. The molecule has 0 radical (unpaired) electrons. The quantitative estimate of drug-likeness (QED) is 0.716. The highest BCUT2D eigenvalue weighted by Gasteiger charge is 2.83. The van der Waals surface area contributed by atoms with Crippen LogP contribution in [0.15, 0.2) is 0 Å². The number of hydrogen-bond acceptors (Lipinski definition) is 5. The highest BCUT2D eigenvalue weighted by molar-refractivity contribution is 5.75. The van der Waals surface area contributed by atoms with E-state index in [1.165, 1.54) is 12.8 Å². The van der Waals surface area contributed by atoms with Gasteiger partial charge in [0.1, 0.15) is 0 Å². The van der Waals surface area contributed by atoms with E-state index >= 15 is 0 Å². The molecular formula is C21H35NO5. The third-order valence-corrected chi connectivity index (χ3v) is 7.75. The Morgan fingerprint density at radius 3 is 2.78 bits per heavy atom. The van der Waals surface area contributed by atoms with E-state index in [4.69, 9.17) is 14.2 Å². The van der Waals surface area contributed by atoms with Gasteiger partial charge in [0.05, 0.1) is 6.61 Å². The molecule has 0 aromatic rings. The lowest BCUT2D eigenvalue weighted by Crippen LogP contribution is -2.54. The van der Waals surface area contributed by atoms with Crippen LogP contribution in [0.25, 0.3) is 0 Å². The van der Waals surface area contributed by atoms with Gasteiger partial charge in [-0.3, -0.25) is 4.79 Å². The van der Waals surface area contributed by atoms with Gasteiger partial charge in [0.2, 0.25) is 5.91 Å². The van der Waals surface area contributed by atoms with Crippen LogP contribution in [0.1, 0.15) is 66.2 Å². The largest absolute Gasteiger partial charge is 0.366 e. The molecule has 6 heteroatoms. The summed E-state index contributed by atoms with van der Waals surface area (Å²) in [4.78, 5) is 11.4. The van der Waals surface area contributed by atoms with E-state index in [1.807, 2.05) is 6.92 Å². The van der Waals surface area contributed by atoms with Crippen molar-refractivity contribution < 1.29 is 24.1 Å². The molecule has 1 amide bonds. The number of carbonyl (C=O) groups is 1. The van der Waals surface area contributed by atoms with Crippen molar-refractivity contribution in [3.63, 3.8) is 0 Å². The topological polar surface area (TPSA) is 77.0 Å². The van der Waals surface area contributed by atoms with E-state index in [1.54, 1.807) is 6.92 Å². The molecule has 6 nitrogen and oxygen atoms in total. The van der Waals surface area contributed by atoms with E-state index in [9.17, 15) is 9.90 Å². The second-order valence-corrected chi connectivity index (χ2v) is 9.47. The molecule has 4 aliphatic rings. The van der Waals surface area contributed by atoms with Crippen LogP contribution in [0.3, 0.4) is 0 Å². The van der Waals surface area contributed by atoms with Crippen molar-refractivity contribution in [2.75, 3.05) is 13.2 Å². The van der Waals surface area contributed by atoms with Crippen LogP contribution in [-0.2, 0) is 19.0 Å². The fourth-order valence-corrected chi connectivity index (χ4v) is 6.42. The summed E-state index contributed by atoms with van der Waals surface area (Å²) in [5.74, 6) is 0.131. The first kappa shape index (κ1) is 19.6. The maximum atomic E-state index is 11.4. The van der Waals surface area contributed by atoms with Crippen LogP contribution in [0.5, 0.6) is 0 Å². The monoisotopic (exact) mass is 381 g/mol. The Morgan fingerprint density at radius 2 is 2.04 bits per heavy atom. The van der Waals surface area contributed by atoms with E-state index in [0.29, 0.717) is 43.7 Å². The first-order valence-corrected chi connectivity index (χ1v) is 10.7. The van der Waals surface area contributed by atoms with Crippen molar-refractivity contribution in [2.45, 2.75) is 84.1 Å². The maximum Gasteiger partial charge on any atom is 0.219 e. The van der Waals surface area contributed by atoms with Crippen molar-refractivity contribution >= 4 is 5.91 Å². The summed E-state index contributed by atoms with van der Waals surface area (Å²) in [6.45, 7) is 9.09. The van der Waals surface area contributed by atoms with Crippen molar-refractivity contribution in [3.05, 3.63) is 0 Å². The summed E-state index contributed by atoms with van der Waals surface area (Å²) in [7, 11) is 0. The van der Waals surface area contributed by atoms with Crippen molar-refractivity contribution in [1.29, 1.82) is 0 Å². The van der Waals surface area contributed by atoms with Crippen LogP contribution in [-0.4, -0.2) is 42.0 Å². The number of rotatable bonds is 5. The summed E-state index contributed by atoms with van der Waals surface area (Å²) in [6, 6.07) is 0. The average molecular weight is 382 g/mol. The molecule has 2 aliphatic carbocycles. The number of amides is 1. The van der Waals surface area contributed by atoms with Gasteiger partial charge in [-0.15, -0.1) is 0 Å². The molecule has 1 spiro atoms. The molecule has 0 bridgehead atoms. The molecule has 27 heavy (non-hydrogen) atoms. The first-order chi connectivity index (χ1) is 12.7. The molecule has 2 aliphatic heterocycles. The molecule has 2 N–H and O–H groups in total. The van der Waals surface area contributed by atoms with Gasteiger partial charge in [-0.1, -0.05) is 27.2 Å². The highest BCUT2D eigenvalue weighted by atomic mass is 16.8. The Kier molecular flexibility index (Phi) is 4.86. The molecule has 3 unspecified atom stereocenters. The van der Waals surface area contributed by atoms with Gasteiger partial charge in [-0.2, -0.15) is 0 Å². The standard InChI is InChI=1S/C21H35NO5/c1-5-17(23)22-10-11-25-18-14(3)16-7-6-13(2)15-8-9-19(4,24)27-21(26-18)12-20(15,16)21/h13-16,18,24H,5-12H2,1-4H3,(H,22,23)/t13-,14-,15?,16?,18?,19+,20+,21+/m1/s1. The number of aliphatic hydroxyl groups is 1. The minimum atomic E-state index is -1.15. The van der Waals surface area contributed by atoms with Crippen LogP contribution in [0, 0.1) is 29.1 Å². The third-order valence-electron chi connectivity index (χ3n) is 7.75. The van der Waals surface area contributed by atoms with Crippen LogP contribution < -0.4 is 5.32 Å². The zero-order chi connectivity index (χ0) is 19.4. The molecule has 2 saturated heterocycles. The molecule has 0 aromatic heterocycles. The van der Waals surface area contributed by atoms with Gasteiger partial charge in [0.25, 0.3) is 0 Å². The Balaban J connectivity index is 1.51. The number of carbonyl (C=O) groups excluding carboxylic acids is 1. The molecule has 154 valence electrons. The SMILES string of the molecule is CCC(=O)NCCOC1O[C@]23C[C@]24C(CC[C@@H](C)C4CC[C@@](C)(O)O3)[C@H]1C. The first-order valence-electron chi connectivity index (χ1n) is 10.7. The van der Waals surface area contributed by atoms with Crippen molar-refractivity contribution in [2.24, 2.45) is 29.1 Å². The Bertz CT molecular complexity index is 595. The Hall–Kier alpha value is -0.690. The van der Waals surface area contributed by atoms with E-state index < -0.39 is 11.6 Å². The average Bonchev–Trinajstić information content (AvgIpc) is 3.25. The van der Waals surface area contributed by atoms with Crippen molar-refractivity contribution in [1.82, 2.24) is 5.32 Å². The van der Waals surface area contributed by atoms with Crippen LogP contribution in [0.2, 0.25) is 0 Å². The van der Waals surface area contributed by atoms with E-state index in [2.05, 4.69) is 19.2 Å². The second kappa shape index (κ2) is 6.68. The highest BCUT2D eigenvalue weighted by Crippen LogP contribution is 2.78. The molecule has 2 saturated carbocycles. The molecule has 2 heterocycles. The molecule has 8 atom stereocenters. The Labute approximate surface area is 162 Å². The summed E-state index contributed by atoms with van der Waals surface area (Å²) in [6.07, 6.45) is 5.04. The number of hydrogen-bond donors (Lipinski definition) is 2. The van der Waals surface area contributed by atoms with Crippen molar-refractivity contribution in [3.8, 4) is 0 Å². The van der Waals surface area contributed by atoms with E-state index in [0.717, 1.165) is 12.8 Å². The van der Waals surface area contributed by atoms with E-state index in [-0.39, 0.29) is 23.5 Å². The molecule has 0 aromatic carbocycles. The third kappa shape index (κ3) is 3.04. The second-order valence-electron chi connectivity index (χ2n) is 9.47. The summed E-state index contributed by atoms with van der Waals surface area (Å²) < 4.78 is 18.8. The molecular weight excluding hydrogens is 346 g/mol. The van der Waals surface area contributed by atoms with Gasteiger partial charge >= 0.3 is 0 Å². The molecule has 4 rings (SSSR count). The predicted molar refractivity (Wildman–Crippen MR) is 99.4 cm³/mol. The van der Waals surface area contributed by atoms with Gasteiger partial charge in [-0.05, 0) is 37.5 Å². The molecule has 4 fully saturated rings. The lowest BCUT2D eigenvalue weighted by Gasteiger charge is -2.51. The zero-order valence-corrected chi connectivity index (χ0v) is 17.1. The van der Waals surface area contributed by atoms with Gasteiger partial charge in [0.15, 0.2) is 17.9 Å². The number of nitrogens with one attached hydrogen (secondary N) is 1. The summed E-state index contributed by atoms with van der Waals surface area (Å²) >= 11 is 0. The van der Waals surface area contributed by atoms with Gasteiger partial charge < -0.3 is 24.6 Å². The van der Waals surface area contributed by atoms with Crippen LogP contribution in [0.4, 0.5) is 0 Å². The smallest absolute Gasteiger partial charge is 0.219 e. The fraction of sp³-hybridized carbons (Fsp3) is 0.952. The maximum absolute atomic E-state index is 11.4. The van der Waals surface area contributed by atoms with Gasteiger partial charge in [-0.25, -0.2) is 0 Å². The predicted octanol–water partition coefficient (Wildman–Crippen LogP) is 2.79. The zero-order valence-electron chi connectivity index (χ0n) is 17.1. The summed E-state index contributed by atoms with van der Waals surface area (Å²) in [5, 5.41) is 13.6. The lowest BCUT2D eigenvalue weighted by atomic mass is 9.58. The van der Waals surface area contributed by atoms with Gasteiger partial charge in [0, 0.05) is 37.1 Å². The van der Waals surface area contributed by atoms with Crippen LogP contribution >= 0.6 is 0 Å². The minimum absolute atomic E-state index is 0.0286. The Morgan fingerprint density at radius 1 is 1.26 bits per heavy atom. The number of ether oxygens (including phenoxy) is 3.